The fourth-order valence-electron chi connectivity index (χ4n) is 2.17. The normalized spacial score (nSPS) is 46.6. The highest BCUT2D eigenvalue weighted by molar-refractivity contribution is 5.10. The lowest BCUT2D eigenvalue weighted by molar-refractivity contribution is 0.459. The van der Waals surface area contributed by atoms with Crippen LogP contribution in [0.25, 0.3) is 0 Å². The van der Waals surface area contributed by atoms with Crippen molar-refractivity contribution in [2.45, 2.75) is 12.8 Å². The van der Waals surface area contributed by atoms with E-state index in [4.69, 9.17) is 5.73 Å². The van der Waals surface area contributed by atoms with E-state index in [0.29, 0.717) is 0 Å². The minimum absolute atomic E-state index is 0.819. The summed E-state index contributed by atoms with van der Waals surface area (Å²) >= 11 is 0. The second kappa shape index (κ2) is 1.84. The van der Waals surface area contributed by atoms with E-state index in [9.17, 15) is 0 Å². The average Bonchev–Trinajstić information content (AvgIpc) is 2.45. The molecule has 1 heteroatoms. The Morgan fingerprint density at radius 3 is 2.56 bits per heavy atom. The molecule has 0 radical (unpaired) electrons. The van der Waals surface area contributed by atoms with Gasteiger partial charge in [-0.05, 0) is 37.1 Å². The summed E-state index contributed by atoms with van der Waals surface area (Å²) in [7, 11) is 0. The van der Waals surface area contributed by atoms with Crippen LogP contribution < -0.4 is 5.73 Å². The Hall–Kier alpha value is -0.300. The summed E-state index contributed by atoms with van der Waals surface area (Å²) in [6, 6.07) is 0. The quantitative estimate of drug-likeness (QED) is 0.520. The van der Waals surface area contributed by atoms with Crippen molar-refractivity contribution in [2.75, 3.05) is 6.54 Å². The second-order valence-electron chi connectivity index (χ2n) is 3.28. The summed E-state index contributed by atoms with van der Waals surface area (Å²) in [6.07, 6.45) is 7.46. The lowest BCUT2D eigenvalue weighted by Gasteiger charge is -2.14. The highest BCUT2D eigenvalue weighted by atomic mass is 14.6. The van der Waals surface area contributed by atoms with Crippen LogP contribution in [0.5, 0.6) is 0 Å². The van der Waals surface area contributed by atoms with Crippen molar-refractivity contribution in [1.82, 2.24) is 0 Å². The van der Waals surface area contributed by atoms with Crippen LogP contribution in [-0.2, 0) is 0 Å². The molecule has 0 aromatic heterocycles. The van der Waals surface area contributed by atoms with E-state index in [1.165, 1.54) is 12.8 Å². The zero-order valence-corrected chi connectivity index (χ0v) is 5.59. The number of hydrogen-bond acceptors (Lipinski definition) is 1. The fourth-order valence-corrected chi connectivity index (χ4v) is 2.17. The first kappa shape index (κ1) is 5.48. The molecule has 0 aromatic carbocycles. The van der Waals surface area contributed by atoms with E-state index >= 15 is 0 Å². The van der Waals surface area contributed by atoms with E-state index in [-0.39, 0.29) is 0 Å². The van der Waals surface area contributed by atoms with Gasteiger partial charge in [-0.15, -0.1) is 0 Å². The van der Waals surface area contributed by atoms with Crippen molar-refractivity contribution in [3.8, 4) is 0 Å². The van der Waals surface area contributed by atoms with Crippen LogP contribution in [0.4, 0.5) is 0 Å². The van der Waals surface area contributed by atoms with Gasteiger partial charge in [0, 0.05) is 0 Å². The topological polar surface area (TPSA) is 26.0 Å². The van der Waals surface area contributed by atoms with Crippen LogP contribution >= 0.6 is 0 Å². The number of nitrogens with two attached hydrogens (primary N) is 1. The van der Waals surface area contributed by atoms with Crippen LogP contribution in [0.3, 0.4) is 0 Å². The second-order valence-corrected chi connectivity index (χ2v) is 3.28. The number of allylic oxidation sites excluding steroid dienone is 2. The Morgan fingerprint density at radius 1 is 1.33 bits per heavy atom. The molecule has 0 heterocycles. The van der Waals surface area contributed by atoms with Gasteiger partial charge in [0.15, 0.2) is 0 Å². The molecule has 2 aliphatic rings. The third kappa shape index (κ3) is 0.715. The van der Waals surface area contributed by atoms with Gasteiger partial charge in [-0.25, -0.2) is 0 Å². The van der Waals surface area contributed by atoms with Gasteiger partial charge in [0.05, 0.1) is 0 Å². The van der Waals surface area contributed by atoms with E-state index in [1.807, 2.05) is 0 Å². The highest BCUT2D eigenvalue weighted by Gasteiger charge is 2.34. The Kier molecular flexibility index (Phi) is 1.12. The molecule has 2 N–H and O–H groups in total. The summed E-state index contributed by atoms with van der Waals surface area (Å²) < 4.78 is 0. The van der Waals surface area contributed by atoms with Gasteiger partial charge >= 0.3 is 0 Å². The van der Waals surface area contributed by atoms with Crippen molar-refractivity contribution in [2.24, 2.45) is 23.5 Å². The molecule has 2 rings (SSSR count). The van der Waals surface area contributed by atoms with E-state index in [0.717, 1.165) is 24.3 Å². The predicted octanol–water partition coefficient (Wildman–Crippen LogP) is 1.16. The van der Waals surface area contributed by atoms with E-state index in [1.54, 1.807) is 0 Å². The molecule has 1 saturated carbocycles. The molecule has 1 fully saturated rings. The maximum absolute atomic E-state index is 5.59. The zero-order valence-electron chi connectivity index (χ0n) is 5.59. The number of rotatable bonds is 1. The monoisotopic (exact) mass is 123 g/mol. The van der Waals surface area contributed by atoms with Gasteiger partial charge in [0.25, 0.3) is 0 Å². The third-order valence-electron chi connectivity index (χ3n) is 2.72. The molecule has 2 bridgehead atoms. The Labute approximate surface area is 55.9 Å². The third-order valence-corrected chi connectivity index (χ3v) is 2.72. The largest absolute Gasteiger partial charge is 0.330 e. The Bertz CT molecular complexity index is 140. The van der Waals surface area contributed by atoms with Crippen molar-refractivity contribution in [3.05, 3.63) is 12.2 Å². The molecule has 0 saturated heterocycles. The summed E-state index contributed by atoms with van der Waals surface area (Å²) in [5.74, 6) is 2.56. The Morgan fingerprint density at radius 2 is 2.22 bits per heavy atom. The van der Waals surface area contributed by atoms with Gasteiger partial charge in [0.1, 0.15) is 0 Å². The lowest BCUT2D eigenvalue weighted by atomic mass is 9.94. The molecule has 0 unspecified atom stereocenters. The first-order valence-electron chi connectivity index (χ1n) is 3.78. The maximum Gasteiger partial charge on any atom is -0.00430 e. The van der Waals surface area contributed by atoms with Crippen molar-refractivity contribution in [3.63, 3.8) is 0 Å². The standard InChI is InChI=1S/C8H13N/c9-5-8-4-6-1-2-7(8)3-6/h1-2,6-8H,3-5,9H2/t6-,7-,8-/m0/s1. The molecule has 1 nitrogen and oxygen atoms in total. The summed E-state index contributed by atoms with van der Waals surface area (Å²) in [6.45, 7) is 0.894. The van der Waals surface area contributed by atoms with Gasteiger partial charge < -0.3 is 5.73 Å². The Balaban J connectivity index is 2.10. The summed E-state index contributed by atoms with van der Waals surface area (Å²) in [4.78, 5) is 0. The average molecular weight is 123 g/mol. The molecule has 3 atom stereocenters. The van der Waals surface area contributed by atoms with E-state index in [2.05, 4.69) is 12.2 Å². The molecular formula is C8H13N. The smallest absolute Gasteiger partial charge is 0.00430 e. The van der Waals surface area contributed by atoms with Crippen LogP contribution in [0.1, 0.15) is 12.8 Å². The molecule has 9 heavy (non-hydrogen) atoms. The number of hydrogen-bond donors (Lipinski definition) is 1. The van der Waals surface area contributed by atoms with Gasteiger partial charge in [-0.1, -0.05) is 12.2 Å². The minimum atomic E-state index is 0.819. The van der Waals surface area contributed by atoms with Gasteiger partial charge in [-0.3, -0.25) is 0 Å². The minimum Gasteiger partial charge on any atom is -0.330 e. The first-order valence-corrected chi connectivity index (χ1v) is 3.78. The fraction of sp³-hybridized carbons (Fsp3) is 0.750. The SMILES string of the molecule is NC[C@@H]1C[C@H]2C=C[C@H]1C2. The van der Waals surface area contributed by atoms with Crippen LogP contribution in [0.15, 0.2) is 12.2 Å². The lowest BCUT2D eigenvalue weighted by Crippen LogP contribution is -2.17. The van der Waals surface area contributed by atoms with Crippen molar-refractivity contribution >= 4 is 0 Å². The highest BCUT2D eigenvalue weighted by Crippen LogP contribution is 2.42. The van der Waals surface area contributed by atoms with Crippen LogP contribution in [-0.4, -0.2) is 6.54 Å². The molecule has 0 amide bonds. The molecule has 0 spiro atoms. The summed E-state index contributed by atoms with van der Waals surface area (Å²) in [5, 5.41) is 0. The van der Waals surface area contributed by atoms with Crippen molar-refractivity contribution in [1.29, 1.82) is 0 Å². The zero-order chi connectivity index (χ0) is 6.27. The summed E-state index contributed by atoms with van der Waals surface area (Å²) in [5.41, 5.74) is 5.59. The molecule has 50 valence electrons. The van der Waals surface area contributed by atoms with Crippen LogP contribution in [0.2, 0.25) is 0 Å². The molecule has 0 aliphatic heterocycles. The van der Waals surface area contributed by atoms with Gasteiger partial charge in [0.2, 0.25) is 0 Å². The molecule has 0 aromatic rings. The van der Waals surface area contributed by atoms with Crippen LogP contribution in [0, 0.1) is 17.8 Å². The molecular weight excluding hydrogens is 110 g/mol. The first-order chi connectivity index (χ1) is 4.40. The molecule has 2 aliphatic carbocycles. The van der Waals surface area contributed by atoms with Gasteiger partial charge in [-0.2, -0.15) is 0 Å². The predicted molar refractivity (Wildman–Crippen MR) is 37.9 cm³/mol. The number of fused-ring (bicyclic) bond motifs is 2. The van der Waals surface area contributed by atoms with Crippen molar-refractivity contribution < 1.29 is 0 Å². The maximum atomic E-state index is 5.59. The van der Waals surface area contributed by atoms with E-state index < -0.39 is 0 Å².